The van der Waals surface area contributed by atoms with E-state index in [4.69, 9.17) is 4.74 Å². The van der Waals surface area contributed by atoms with Gasteiger partial charge in [0.25, 0.3) is 0 Å². The second kappa shape index (κ2) is 8.71. The van der Waals surface area contributed by atoms with Crippen molar-refractivity contribution in [1.82, 2.24) is 10.2 Å². The normalized spacial score (nSPS) is 29.0. The number of rotatable bonds is 6. The van der Waals surface area contributed by atoms with E-state index < -0.39 is 0 Å². The Hall–Kier alpha value is -2.33. The molecule has 2 aromatic rings. The highest BCUT2D eigenvalue weighted by Gasteiger charge is 2.45. The SMILES string of the molecule is CCC1(CC)Cc2cc(-c3ccc(C4CC4)cc3)ccc2C1NC(=O)O[C@@H]1CN2CCC1CC2. The zero-order chi connectivity index (χ0) is 23.3. The first-order chi connectivity index (χ1) is 16.6. The average molecular weight is 459 g/mol. The third kappa shape index (κ3) is 3.94. The van der Waals surface area contributed by atoms with Gasteiger partial charge in [0.1, 0.15) is 6.10 Å². The standard InChI is InChI=1S/C30H38N2O2/c1-3-30(4-2)18-25-17-24(22-9-7-21(8-10-22)20-5-6-20)11-12-26(25)28(30)31-29(33)34-27-19-32-15-13-23(27)14-16-32/h7-12,17,20,23,27-28H,3-6,13-16,18-19H2,1-2H3,(H,31,33)/t27-,28?/m1/s1. The molecule has 3 saturated heterocycles. The molecule has 180 valence electrons. The number of carbonyl (C=O) groups excluding carboxylic acids is 1. The fourth-order valence-corrected chi connectivity index (χ4v) is 6.87. The summed E-state index contributed by atoms with van der Waals surface area (Å²) in [7, 11) is 0. The van der Waals surface area contributed by atoms with Gasteiger partial charge in [0.2, 0.25) is 0 Å². The number of nitrogens with one attached hydrogen (secondary N) is 1. The van der Waals surface area contributed by atoms with Gasteiger partial charge in [-0.15, -0.1) is 0 Å². The van der Waals surface area contributed by atoms with Crippen molar-refractivity contribution in [2.24, 2.45) is 11.3 Å². The number of piperidine rings is 3. The molecule has 0 aromatic heterocycles. The van der Waals surface area contributed by atoms with Gasteiger partial charge in [-0.25, -0.2) is 4.79 Å². The summed E-state index contributed by atoms with van der Waals surface area (Å²) in [5.74, 6) is 1.32. The number of nitrogens with zero attached hydrogens (tertiary/aromatic N) is 1. The van der Waals surface area contributed by atoms with Crippen molar-refractivity contribution >= 4 is 6.09 Å². The molecule has 4 fully saturated rings. The van der Waals surface area contributed by atoms with Gasteiger partial charge in [0.15, 0.2) is 0 Å². The second-order valence-electron chi connectivity index (χ2n) is 11.2. The number of hydrogen-bond donors (Lipinski definition) is 1. The van der Waals surface area contributed by atoms with Gasteiger partial charge in [0.05, 0.1) is 6.04 Å². The van der Waals surface area contributed by atoms with E-state index in [2.05, 4.69) is 66.5 Å². The van der Waals surface area contributed by atoms with E-state index in [-0.39, 0.29) is 23.7 Å². The first kappa shape index (κ1) is 22.2. The molecule has 3 heterocycles. The molecule has 4 heteroatoms. The zero-order valence-electron chi connectivity index (χ0n) is 20.7. The minimum Gasteiger partial charge on any atom is -0.445 e. The number of hydrogen-bond acceptors (Lipinski definition) is 3. The summed E-state index contributed by atoms with van der Waals surface area (Å²) in [5, 5.41) is 3.34. The molecule has 2 atom stereocenters. The van der Waals surface area contributed by atoms with Crippen LogP contribution in [0.1, 0.15) is 81.0 Å². The van der Waals surface area contributed by atoms with Gasteiger partial charge in [0, 0.05) is 6.54 Å². The van der Waals surface area contributed by atoms with Crippen LogP contribution in [-0.4, -0.2) is 36.7 Å². The monoisotopic (exact) mass is 458 g/mol. The van der Waals surface area contributed by atoms with Crippen LogP contribution < -0.4 is 5.32 Å². The van der Waals surface area contributed by atoms with E-state index >= 15 is 0 Å². The van der Waals surface area contributed by atoms with Crippen LogP contribution in [0.25, 0.3) is 11.1 Å². The Morgan fingerprint density at radius 2 is 1.71 bits per heavy atom. The topological polar surface area (TPSA) is 41.6 Å². The van der Waals surface area contributed by atoms with Crippen LogP contribution in [0.15, 0.2) is 42.5 Å². The second-order valence-corrected chi connectivity index (χ2v) is 11.2. The lowest BCUT2D eigenvalue weighted by Crippen LogP contribution is -2.53. The highest BCUT2D eigenvalue weighted by molar-refractivity contribution is 5.70. The average Bonchev–Trinajstić information content (AvgIpc) is 3.68. The van der Waals surface area contributed by atoms with E-state index in [1.54, 1.807) is 0 Å². The van der Waals surface area contributed by atoms with Crippen LogP contribution >= 0.6 is 0 Å². The molecule has 0 radical (unpaired) electrons. The minimum atomic E-state index is -0.234. The molecular formula is C30H38N2O2. The van der Waals surface area contributed by atoms with Gasteiger partial charge in [-0.05, 0) is 103 Å². The van der Waals surface area contributed by atoms with Crippen LogP contribution in [0.4, 0.5) is 4.79 Å². The molecule has 2 aromatic carbocycles. The van der Waals surface area contributed by atoms with Crippen molar-refractivity contribution in [1.29, 1.82) is 0 Å². The first-order valence-electron chi connectivity index (χ1n) is 13.5. The predicted octanol–water partition coefficient (Wildman–Crippen LogP) is 6.46. The molecule has 5 aliphatic rings. The molecule has 2 aliphatic carbocycles. The maximum Gasteiger partial charge on any atom is 0.407 e. The summed E-state index contributed by atoms with van der Waals surface area (Å²) < 4.78 is 6.02. The van der Waals surface area contributed by atoms with Crippen molar-refractivity contribution in [2.45, 2.75) is 76.9 Å². The van der Waals surface area contributed by atoms with E-state index in [0.717, 1.165) is 57.7 Å². The molecule has 4 nitrogen and oxygen atoms in total. The van der Waals surface area contributed by atoms with Crippen molar-refractivity contribution < 1.29 is 9.53 Å². The minimum absolute atomic E-state index is 0.0115. The fraction of sp³-hybridized carbons (Fsp3) is 0.567. The quantitative estimate of drug-likeness (QED) is 0.540. The van der Waals surface area contributed by atoms with Crippen molar-refractivity contribution in [3.05, 3.63) is 59.2 Å². The van der Waals surface area contributed by atoms with E-state index in [9.17, 15) is 4.79 Å². The van der Waals surface area contributed by atoms with E-state index in [1.807, 2.05) is 0 Å². The third-order valence-electron chi connectivity index (χ3n) is 9.43. The lowest BCUT2D eigenvalue weighted by Gasteiger charge is -2.44. The summed E-state index contributed by atoms with van der Waals surface area (Å²) in [5.41, 5.74) is 6.73. The van der Waals surface area contributed by atoms with Gasteiger partial charge >= 0.3 is 6.09 Å². The lowest BCUT2D eigenvalue weighted by molar-refractivity contribution is -0.0353. The first-order valence-corrected chi connectivity index (χ1v) is 13.5. The predicted molar refractivity (Wildman–Crippen MR) is 136 cm³/mol. The highest BCUT2D eigenvalue weighted by atomic mass is 16.6. The number of carbonyl (C=O) groups is 1. The van der Waals surface area contributed by atoms with Crippen LogP contribution in [0.5, 0.6) is 0 Å². The highest BCUT2D eigenvalue weighted by Crippen LogP contribution is 2.51. The summed E-state index contributed by atoms with van der Waals surface area (Å²) in [6, 6.07) is 16.0. The van der Waals surface area contributed by atoms with Crippen LogP contribution in [0.3, 0.4) is 0 Å². The molecule has 1 amide bonds. The molecule has 1 saturated carbocycles. The summed E-state index contributed by atoms with van der Waals surface area (Å²) in [4.78, 5) is 15.5. The Bertz CT molecular complexity index is 1050. The molecule has 7 rings (SSSR count). The Morgan fingerprint density at radius 3 is 2.32 bits per heavy atom. The van der Waals surface area contributed by atoms with Gasteiger partial charge in [-0.2, -0.15) is 0 Å². The Balaban J connectivity index is 1.22. The molecule has 1 unspecified atom stereocenters. The Labute approximate surface area is 204 Å². The van der Waals surface area contributed by atoms with Crippen molar-refractivity contribution in [2.75, 3.05) is 19.6 Å². The van der Waals surface area contributed by atoms with Gasteiger partial charge in [-0.3, -0.25) is 4.90 Å². The van der Waals surface area contributed by atoms with Crippen LogP contribution in [0.2, 0.25) is 0 Å². The number of amides is 1. The van der Waals surface area contributed by atoms with Crippen molar-refractivity contribution in [3.8, 4) is 11.1 Å². The van der Waals surface area contributed by atoms with E-state index in [0.29, 0.717) is 5.92 Å². The smallest absolute Gasteiger partial charge is 0.407 e. The van der Waals surface area contributed by atoms with E-state index in [1.165, 1.54) is 40.7 Å². The number of benzene rings is 2. The molecule has 2 bridgehead atoms. The van der Waals surface area contributed by atoms with Crippen molar-refractivity contribution in [3.63, 3.8) is 0 Å². The fourth-order valence-electron chi connectivity index (χ4n) is 6.87. The molecule has 34 heavy (non-hydrogen) atoms. The van der Waals surface area contributed by atoms with Gasteiger partial charge in [-0.1, -0.05) is 56.3 Å². The largest absolute Gasteiger partial charge is 0.445 e. The summed E-state index contributed by atoms with van der Waals surface area (Å²) in [6.45, 7) is 7.74. The Kier molecular flexibility index (Phi) is 5.68. The zero-order valence-corrected chi connectivity index (χ0v) is 20.7. The molecule has 1 N–H and O–H groups in total. The van der Waals surface area contributed by atoms with Gasteiger partial charge < -0.3 is 10.1 Å². The third-order valence-corrected chi connectivity index (χ3v) is 9.43. The molecular weight excluding hydrogens is 420 g/mol. The maximum atomic E-state index is 13.1. The molecule has 3 aliphatic heterocycles. The molecule has 0 spiro atoms. The summed E-state index contributed by atoms with van der Waals surface area (Å²) in [6.07, 6.45) is 7.88. The maximum absolute atomic E-state index is 13.1. The Morgan fingerprint density at radius 1 is 1.00 bits per heavy atom. The number of alkyl carbamates (subject to hydrolysis) is 1. The lowest BCUT2D eigenvalue weighted by atomic mass is 9.76. The summed E-state index contributed by atoms with van der Waals surface area (Å²) >= 11 is 0. The van der Waals surface area contributed by atoms with Crippen LogP contribution in [-0.2, 0) is 11.2 Å². The van der Waals surface area contributed by atoms with Crippen LogP contribution in [0, 0.1) is 11.3 Å². The number of fused-ring (bicyclic) bond motifs is 4. The number of ether oxygens (including phenoxy) is 1.